The van der Waals surface area contributed by atoms with Crippen molar-refractivity contribution in [2.45, 2.75) is 50.5 Å². The Balaban J connectivity index is 1.90. The van der Waals surface area contributed by atoms with Crippen LogP contribution in [0.15, 0.2) is 52.7 Å². The SMILES string of the molecule is CCCCC1C(CCO)=C(N(CCOc2ccc(OC)c(OC)c2)C(C)=O)N1S(=O)c1cc(Cl)cc(Cl)c1. The number of ether oxygens (including phenoxy) is 3. The zero-order chi connectivity index (χ0) is 27.8. The first-order chi connectivity index (χ1) is 18.2. The zero-order valence-corrected chi connectivity index (χ0v) is 24.4. The van der Waals surface area contributed by atoms with E-state index in [1.54, 1.807) is 59.8 Å². The predicted molar refractivity (Wildman–Crippen MR) is 149 cm³/mol. The molecule has 208 valence electrons. The number of unbranched alkanes of at least 4 members (excludes halogenated alkanes) is 1. The lowest BCUT2D eigenvalue weighted by molar-refractivity contribution is -0.128. The number of carbonyl (C=O) groups is 1. The van der Waals surface area contributed by atoms with Gasteiger partial charge in [-0.2, -0.15) is 0 Å². The monoisotopic (exact) mass is 584 g/mol. The van der Waals surface area contributed by atoms with E-state index in [9.17, 15) is 14.1 Å². The fourth-order valence-corrected chi connectivity index (χ4v) is 6.58. The maximum Gasteiger partial charge on any atom is 0.225 e. The second kappa shape index (κ2) is 14.1. The predicted octanol–water partition coefficient (Wildman–Crippen LogP) is 5.43. The molecule has 0 radical (unpaired) electrons. The van der Waals surface area contributed by atoms with E-state index in [0.29, 0.717) is 44.4 Å². The molecule has 1 heterocycles. The summed E-state index contributed by atoms with van der Waals surface area (Å²) in [6, 6.07) is 9.82. The van der Waals surface area contributed by atoms with Crippen molar-refractivity contribution in [3.05, 3.63) is 57.8 Å². The molecule has 11 heteroatoms. The Bertz CT molecular complexity index is 1170. The molecule has 2 aromatic rings. The van der Waals surface area contributed by atoms with Crippen molar-refractivity contribution < 1.29 is 28.3 Å². The molecule has 1 aliphatic rings. The van der Waals surface area contributed by atoms with Crippen LogP contribution in [0.2, 0.25) is 10.0 Å². The van der Waals surface area contributed by atoms with Gasteiger partial charge in [-0.25, -0.2) is 4.21 Å². The molecule has 0 bridgehead atoms. The molecular formula is C27H34Cl2N2O6S. The zero-order valence-electron chi connectivity index (χ0n) is 22.0. The Kier molecular flexibility index (Phi) is 11.1. The largest absolute Gasteiger partial charge is 0.493 e. The van der Waals surface area contributed by atoms with Gasteiger partial charge in [-0.1, -0.05) is 43.0 Å². The average molecular weight is 586 g/mol. The summed E-state index contributed by atoms with van der Waals surface area (Å²) in [6.07, 6.45) is 2.97. The lowest BCUT2D eigenvalue weighted by atomic mass is 9.92. The molecule has 0 aliphatic carbocycles. The molecule has 2 aromatic carbocycles. The van der Waals surface area contributed by atoms with Gasteiger partial charge < -0.3 is 19.3 Å². The van der Waals surface area contributed by atoms with Crippen LogP contribution < -0.4 is 14.2 Å². The molecule has 8 nitrogen and oxygen atoms in total. The topological polar surface area (TPSA) is 88.5 Å². The highest BCUT2D eigenvalue weighted by molar-refractivity contribution is 7.83. The lowest BCUT2D eigenvalue weighted by Gasteiger charge is -2.49. The molecule has 38 heavy (non-hydrogen) atoms. The minimum Gasteiger partial charge on any atom is -0.493 e. The molecule has 2 atom stereocenters. The van der Waals surface area contributed by atoms with Gasteiger partial charge in [0.05, 0.1) is 31.7 Å². The quantitative estimate of drug-likeness (QED) is 0.318. The number of aliphatic hydroxyl groups excluding tert-OH is 1. The van der Waals surface area contributed by atoms with Crippen LogP contribution in [0.4, 0.5) is 0 Å². The van der Waals surface area contributed by atoms with Crippen molar-refractivity contribution in [2.75, 3.05) is 34.0 Å². The van der Waals surface area contributed by atoms with Crippen LogP contribution in [0.1, 0.15) is 39.5 Å². The van der Waals surface area contributed by atoms with Crippen molar-refractivity contribution >= 4 is 40.1 Å². The molecule has 1 N–H and O–H groups in total. The molecule has 3 rings (SSSR count). The van der Waals surface area contributed by atoms with E-state index < -0.39 is 11.0 Å². The molecule has 0 spiro atoms. The summed E-state index contributed by atoms with van der Waals surface area (Å²) in [5.74, 6) is 1.96. The number of amides is 1. The van der Waals surface area contributed by atoms with Crippen LogP contribution >= 0.6 is 23.2 Å². The fourth-order valence-electron chi connectivity index (χ4n) is 4.40. The maximum atomic E-state index is 13.8. The van der Waals surface area contributed by atoms with Gasteiger partial charge in [-0.05, 0) is 48.7 Å². The van der Waals surface area contributed by atoms with Gasteiger partial charge in [0.25, 0.3) is 0 Å². The molecular weight excluding hydrogens is 551 g/mol. The number of halogens is 2. The second-order valence-electron chi connectivity index (χ2n) is 8.70. The van der Waals surface area contributed by atoms with E-state index in [1.165, 1.54) is 6.92 Å². The minimum atomic E-state index is -1.68. The molecule has 1 amide bonds. The summed E-state index contributed by atoms with van der Waals surface area (Å²) in [4.78, 5) is 14.9. The summed E-state index contributed by atoms with van der Waals surface area (Å²) in [5.41, 5.74) is 0.892. The standard InChI is InChI=1S/C27H34Cl2N2O6S/c1-5-6-7-24-23(10-12-32)27(31(24)38(34)22-15-19(28)14-20(29)16-22)30(18(2)33)11-13-37-21-8-9-25(35-3)26(17-21)36-4/h8-9,14-17,24,32H,5-7,10-13H2,1-4H3. The Hall–Kier alpha value is -2.46. The Labute approximate surface area is 236 Å². The number of rotatable bonds is 14. The van der Waals surface area contributed by atoms with Crippen LogP contribution in [-0.4, -0.2) is 64.4 Å². The molecule has 1 aliphatic heterocycles. The number of hydrogen-bond acceptors (Lipinski definition) is 6. The van der Waals surface area contributed by atoms with Crippen LogP contribution in [-0.2, 0) is 15.8 Å². The Morgan fingerprint density at radius 1 is 1.11 bits per heavy atom. The maximum absolute atomic E-state index is 13.8. The van der Waals surface area contributed by atoms with E-state index in [-0.39, 0.29) is 31.7 Å². The van der Waals surface area contributed by atoms with Gasteiger partial charge >= 0.3 is 0 Å². The number of aliphatic hydroxyl groups is 1. The van der Waals surface area contributed by atoms with E-state index in [1.807, 2.05) is 0 Å². The number of methoxy groups -OCH3 is 2. The summed E-state index contributed by atoms with van der Waals surface area (Å²) < 4.78 is 32.1. The molecule has 0 saturated carbocycles. The van der Waals surface area contributed by atoms with Crippen LogP contribution in [0, 0.1) is 0 Å². The smallest absolute Gasteiger partial charge is 0.225 e. The molecule has 2 unspecified atom stereocenters. The fraction of sp³-hybridized carbons (Fsp3) is 0.444. The van der Waals surface area contributed by atoms with Gasteiger partial charge in [0.1, 0.15) is 18.2 Å². The minimum absolute atomic E-state index is 0.0845. The Morgan fingerprint density at radius 2 is 1.79 bits per heavy atom. The highest BCUT2D eigenvalue weighted by Crippen LogP contribution is 2.42. The van der Waals surface area contributed by atoms with E-state index in [0.717, 1.165) is 24.8 Å². The summed E-state index contributed by atoms with van der Waals surface area (Å²) in [6.45, 7) is 3.84. The summed E-state index contributed by atoms with van der Waals surface area (Å²) in [7, 11) is 1.42. The van der Waals surface area contributed by atoms with Gasteiger partial charge in [-0.15, -0.1) is 0 Å². The Morgan fingerprint density at radius 3 is 2.37 bits per heavy atom. The van der Waals surface area contributed by atoms with Crippen LogP contribution in [0.25, 0.3) is 0 Å². The van der Waals surface area contributed by atoms with E-state index in [2.05, 4.69) is 6.92 Å². The first-order valence-electron chi connectivity index (χ1n) is 12.4. The van der Waals surface area contributed by atoms with Crippen molar-refractivity contribution in [3.63, 3.8) is 0 Å². The van der Waals surface area contributed by atoms with Crippen molar-refractivity contribution in [2.24, 2.45) is 0 Å². The second-order valence-corrected chi connectivity index (χ2v) is 10.9. The first kappa shape index (κ1) is 30.1. The third-order valence-electron chi connectivity index (χ3n) is 6.18. The van der Waals surface area contributed by atoms with Crippen LogP contribution in [0.3, 0.4) is 0 Å². The number of carbonyl (C=O) groups excluding carboxylic acids is 1. The van der Waals surface area contributed by atoms with Gasteiger partial charge in [0.15, 0.2) is 22.5 Å². The summed E-state index contributed by atoms with van der Waals surface area (Å²) >= 11 is 12.4. The molecule has 0 saturated heterocycles. The third kappa shape index (κ3) is 6.94. The number of nitrogens with zero attached hydrogens (tertiary/aromatic N) is 2. The van der Waals surface area contributed by atoms with Gasteiger partial charge in [-0.3, -0.25) is 14.0 Å². The third-order valence-corrected chi connectivity index (χ3v) is 8.04. The number of hydrogen-bond donors (Lipinski definition) is 1. The lowest BCUT2D eigenvalue weighted by Crippen LogP contribution is -2.55. The van der Waals surface area contributed by atoms with E-state index in [4.69, 9.17) is 37.4 Å². The van der Waals surface area contributed by atoms with Crippen LogP contribution in [0.5, 0.6) is 17.2 Å². The highest BCUT2D eigenvalue weighted by Gasteiger charge is 2.44. The summed E-state index contributed by atoms with van der Waals surface area (Å²) in [5, 5.41) is 10.5. The normalized spacial score (nSPS) is 15.7. The average Bonchev–Trinajstić information content (AvgIpc) is 2.88. The van der Waals surface area contributed by atoms with E-state index >= 15 is 0 Å². The van der Waals surface area contributed by atoms with Gasteiger partial charge in [0, 0.05) is 29.6 Å². The van der Waals surface area contributed by atoms with Gasteiger partial charge in [0.2, 0.25) is 5.91 Å². The van der Waals surface area contributed by atoms with Crippen molar-refractivity contribution in [3.8, 4) is 17.2 Å². The first-order valence-corrected chi connectivity index (χ1v) is 14.3. The van der Waals surface area contributed by atoms with Crippen molar-refractivity contribution in [1.82, 2.24) is 9.21 Å². The highest BCUT2D eigenvalue weighted by atomic mass is 35.5. The van der Waals surface area contributed by atoms with Crippen molar-refractivity contribution in [1.29, 1.82) is 0 Å². The molecule has 0 fully saturated rings. The number of benzene rings is 2. The molecule has 0 aromatic heterocycles.